The van der Waals surface area contributed by atoms with E-state index in [1.54, 1.807) is 6.33 Å². The van der Waals surface area contributed by atoms with E-state index in [0.29, 0.717) is 41.4 Å². The SMILES string of the molecule is NS(=O)(=O)NC[C@@H]1C[C@@H](n2cnc3c(NCc4ccc(Cl)cc4)ncnc32)C[C@@H]1O. The molecule has 5 N–H and O–H groups in total. The van der Waals surface area contributed by atoms with Crippen LogP contribution in [0, 0.1) is 5.92 Å². The molecular formula is C18H22ClN7O3S. The van der Waals surface area contributed by atoms with Crippen molar-refractivity contribution in [3.05, 3.63) is 47.5 Å². The maximum Gasteiger partial charge on any atom is 0.274 e. The van der Waals surface area contributed by atoms with Crippen molar-refractivity contribution in [2.24, 2.45) is 11.1 Å². The molecule has 1 fully saturated rings. The molecule has 0 amide bonds. The van der Waals surface area contributed by atoms with Gasteiger partial charge in [0.25, 0.3) is 10.2 Å². The van der Waals surface area contributed by atoms with Crippen LogP contribution in [0.1, 0.15) is 24.4 Å². The lowest BCUT2D eigenvalue weighted by Crippen LogP contribution is -2.36. The van der Waals surface area contributed by atoms with Crippen LogP contribution in [0.25, 0.3) is 11.2 Å². The molecule has 3 aromatic rings. The molecule has 3 atom stereocenters. The number of nitrogens with zero attached hydrogens (tertiary/aromatic N) is 4. The molecule has 4 rings (SSSR count). The zero-order chi connectivity index (χ0) is 21.3. The summed E-state index contributed by atoms with van der Waals surface area (Å²) in [6.45, 7) is 0.644. The van der Waals surface area contributed by atoms with Crippen LogP contribution in [-0.2, 0) is 16.8 Å². The zero-order valence-corrected chi connectivity index (χ0v) is 17.5. The minimum atomic E-state index is -3.79. The molecule has 0 bridgehead atoms. The Balaban J connectivity index is 1.49. The van der Waals surface area contributed by atoms with E-state index in [9.17, 15) is 13.5 Å². The van der Waals surface area contributed by atoms with Gasteiger partial charge in [-0.1, -0.05) is 23.7 Å². The first-order valence-electron chi connectivity index (χ1n) is 9.41. The van der Waals surface area contributed by atoms with Crippen LogP contribution in [0.2, 0.25) is 5.02 Å². The number of halogens is 1. The van der Waals surface area contributed by atoms with E-state index in [2.05, 4.69) is 25.0 Å². The molecule has 160 valence electrons. The first kappa shape index (κ1) is 20.9. The maximum atomic E-state index is 11.1. The largest absolute Gasteiger partial charge is 0.393 e. The van der Waals surface area contributed by atoms with Gasteiger partial charge >= 0.3 is 0 Å². The molecule has 0 spiro atoms. The summed E-state index contributed by atoms with van der Waals surface area (Å²) < 4.78 is 26.4. The number of benzene rings is 1. The minimum Gasteiger partial charge on any atom is -0.393 e. The van der Waals surface area contributed by atoms with Gasteiger partial charge in [-0.2, -0.15) is 8.42 Å². The van der Waals surface area contributed by atoms with Gasteiger partial charge in [-0.15, -0.1) is 0 Å². The monoisotopic (exact) mass is 451 g/mol. The Hall–Kier alpha value is -2.31. The molecular weight excluding hydrogens is 430 g/mol. The van der Waals surface area contributed by atoms with E-state index < -0.39 is 16.3 Å². The van der Waals surface area contributed by atoms with Gasteiger partial charge < -0.3 is 15.0 Å². The quantitative estimate of drug-likeness (QED) is 0.421. The average molecular weight is 452 g/mol. The number of rotatable bonds is 7. The molecule has 30 heavy (non-hydrogen) atoms. The van der Waals surface area contributed by atoms with Crippen molar-refractivity contribution in [3.8, 4) is 0 Å². The second-order valence-electron chi connectivity index (χ2n) is 7.37. The number of nitrogens with two attached hydrogens (primary N) is 1. The van der Waals surface area contributed by atoms with Gasteiger partial charge in [0.2, 0.25) is 0 Å². The Morgan fingerprint density at radius 1 is 1.20 bits per heavy atom. The van der Waals surface area contributed by atoms with Gasteiger partial charge in [-0.05, 0) is 30.5 Å². The summed E-state index contributed by atoms with van der Waals surface area (Å²) in [7, 11) is -3.79. The predicted molar refractivity (Wildman–Crippen MR) is 113 cm³/mol. The van der Waals surface area contributed by atoms with Gasteiger partial charge in [0.15, 0.2) is 11.5 Å². The van der Waals surface area contributed by atoms with E-state index in [0.717, 1.165) is 5.56 Å². The smallest absolute Gasteiger partial charge is 0.274 e. The van der Waals surface area contributed by atoms with E-state index >= 15 is 0 Å². The molecule has 10 nitrogen and oxygen atoms in total. The van der Waals surface area contributed by atoms with Gasteiger partial charge in [-0.3, -0.25) is 0 Å². The molecule has 1 aliphatic rings. The topological polar surface area (TPSA) is 148 Å². The molecule has 0 unspecified atom stereocenters. The number of aliphatic hydroxyl groups excluding tert-OH is 1. The standard InChI is InChI=1S/C18H22ClN7O3S/c19-13-3-1-11(2-4-13)7-21-17-16-18(23-9-22-17)26(10-24-16)14-5-12(15(27)6-14)8-25-30(20,28)29/h1-4,9-10,12,14-15,25,27H,5-8H2,(H2,20,28,29)(H,21,22,23)/t12-,14+,15-/m0/s1. The summed E-state index contributed by atoms with van der Waals surface area (Å²) in [4.78, 5) is 13.1. The number of hydrogen-bond donors (Lipinski definition) is 4. The molecule has 0 aliphatic heterocycles. The highest BCUT2D eigenvalue weighted by Gasteiger charge is 2.35. The lowest BCUT2D eigenvalue weighted by Gasteiger charge is -2.14. The highest BCUT2D eigenvalue weighted by molar-refractivity contribution is 7.87. The first-order chi connectivity index (χ1) is 14.3. The van der Waals surface area contributed by atoms with Gasteiger partial charge in [0.05, 0.1) is 12.4 Å². The number of anilines is 1. The average Bonchev–Trinajstić information content (AvgIpc) is 3.29. The van der Waals surface area contributed by atoms with Crippen molar-refractivity contribution in [2.45, 2.75) is 31.5 Å². The molecule has 1 saturated carbocycles. The number of imidazole rings is 1. The van der Waals surface area contributed by atoms with Crippen LogP contribution in [0.4, 0.5) is 5.82 Å². The van der Waals surface area contributed by atoms with E-state index in [4.69, 9.17) is 16.7 Å². The van der Waals surface area contributed by atoms with E-state index in [1.165, 1.54) is 6.33 Å². The number of aromatic nitrogens is 4. The highest BCUT2D eigenvalue weighted by atomic mass is 35.5. The molecule has 12 heteroatoms. The van der Waals surface area contributed by atoms with Crippen LogP contribution in [0.3, 0.4) is 0 Å². The van der Waals surface area contributed by atoms with Crippen molar-refractivity contribution < 1.29 is 13.5 Å². The van der Waals surface area contributed by atoms with Crippen LogP contribution < -0.4 is 15.2 Å². The minimum absolute atomic E-state index is 0.0590. The molecule has 1 aromatic carbocycles. The lowest BCUT2D eigenvalue weighted by molar-refractivity contribution is 0.133. The third-order valence-corrected chi connectivity index (χ3v) is 6.13. The summed E-state index contributed by atoms with van der Waals surface area (Å²) in [5.74, 6) is 0.370. The molecule has 2 heterocycles. The number of nitrogens with one attached hydrogen (secondary N) is 2. The van der Waals surface area contributed by atoms with Gasteiger partial charge in [-0.25, -0.2) is 24.8 Å². The van der Waals surface area contributed by atoms with Crippen molar-refractivity contribution >= 4 is 38.8 Å². The maximum absolute atomic E-state index is 11.1. The fourth-order valence-electron chi connectivity index (χ4n) is 3.78. The van der Waals surface area contributed by atoms with Crippen molar-refractivity contribution in [3.63, 3.8) is 0 Å². The zero-order valence-electron chi connectivity index (χ0n) is 15.9. The van der Waals surface area contributed by atoms with E-state index in [1.807, 2.05) is 28.8 Å². The van der Waals surface area contributed by atoms with Crippen LogP contribution in [0.15, 0.2) is 36.9 Å². The summed E-state index contributed by atoms with van der Waals surface area (Å²) >= 11 is 5.92. The number of aliphatic hydroxyl groups is 1. The molecule has 0 radical (unpaired) electrons. The number of fused-ring (bicyclic) bond motifs is 1. The third kappa shape index (κ3) is 4.71. The van der Waals surface area contributed by atoms with Gasteiger partial charge in [0, 0.05) is 30.1 Å². The molecule has 1 aliphatic carbocycles. The fourth-order valence-corrected chi connectivity index (χ4v) is 4.35. The number of hydrogen-bond acceptors (Lipinski definition) is 7. The normalized spacial score (nSPS) is 21.9. The molecule has 2 aromatic heterocycles. The third-order valence-electron chi connectivity index (χ3n) is 5.30. The van der Waals surface area contributed by atoms with Crippen molar-refractivity contribution in [1.82, 2.24) is 24.2 Å². The summed E-state index contributed by atoms with van der Waals surface area (Å²) in [5.41, 5.74) is 2.34. The Morgan fingerprint density at radius 3 is 2.70 bits per heavy atom. The van der Waals surface area contributed by atoms with Gasteiger partial charge in [0.1, 0.15) is 11.8 Å². The van der Waals surface area contributed by atoms with E-state index in [-0.39, 0.29) is 18.5 Å². The highest BCUT2D eigenvalue weighted by Crippen LogP contribution is 2.36. The Morgan fingerprint density at radius 2 is 1.97 bits per heavy atom. The molecule has 0 saturated heterocycles. The summed E-state index contributed by atoms with van der Waals surface area (Å²) in [6, 6.07) is 7.46. The fraction of sp³-hybridized carbons (Fsp3) is 0.389. The summed E-state index contributed by atoms with van der Waals surface area (Å²) in [6.07, 6.45) is 3.55. The summed E-state index contributed by atoms with van der Waals surface area (Å²) in [5, 5.41) is 19.3. The van der Waals surface area contributed by atoms with Crippen LogP contribution >= 0.6 is 11.6 Å². The first-order valence-corrected chi connectivity index (χ1v) is 11.3. The van der Waals surface area contributed by atoms with Crippen LogP contribution in [0.5, 0.6) is 0 Å². The Kier molecular flexibility index (Phi) is 5.89. The lowest BCUT2D eigenvalue weighted by atomic mass is 10.1. The van der Waals surface area contributed by atoms with Crippen molar-refractivity contribution in [2.75, 3.05) is 11.9 Å². The van der Waals surface area contributed by atoms with Crippen LogP contribution in [-0.4, -0.2) is 45.7 Å². The second kappa shape index (κ2) is 8.44. The Bertz CT molecular complexity index is 1140. The van der Waals surface area contributed by atoms with Crippen molar-refractivity contribution in [1.29, 1.82) is 0 Å². The Labute approximate surface area is 178 Å². The second-order valence-corrected chi connectivity index (χ2v) is 9.19. The predicted octanol–water partition coefficient (Wildman–Crippen LogP) is 1.20.